The zero-order valence-electron chi connectivity index (χ0n) is 14.4. The van der Waals surface area contributed by atoms with E-state index in [1.807, 2.05) is 27.7 Å². The number of hydrogen-bond acceptors (Lipinski definition) is 7. The number of imidazole rings is 1. The molecule has 0 aliphatic rings. The van der Waals surface area contributed by atoms with Gasteiger partial charge >= 0.3 is 5.97 Å². The van der Waals surface area contributed by atoms with E-state index in [1.165, 1.54) is 20.2 Å². The summed E-state index contributed by atoms with van der Waals surface area (Å²) in [4.78, 5) is 40.0. The largest absolute Gasteiger partial charge is 0.365 e. The molecule has 3 N–H and O–H groups in total. The van der Waals surface area contributed by atoms with Gasteiger partial charge in [-0.1, -0.05) is 27.7 Å². The second kappa shape index (κ2) is 18.3. The summed E-state index contributed by atoms with van der Waals surface area (Å²) in [6.07, 6.45) is 2.15. The molecular weight excluding hydrogens is 325 g/mol. The van der Waals surface area contributed by atoms with E-state index in [4.69, 9.17) is 10.5 Å². The van der Waals surface area contributed by atoms with E-state index in [0.717, 1.165) is 18.0 Å². The van der Waals surface area contributed by atoms with Gasteiger partial charge in [0.15, 0.2) is 5.12 Å². The molecule has 0 saturated carbocycles. The normalized spacial score (nSPS) is 9.57. The Morgan fingerprint density at radius 1 is 1.43 bits per heavy atom. The minimum atomic E-state index is -1.16. The number of carbonyl (C=O) groups excluding carboxylic acids is 3. The van der Waals surface area contributed by atoms with Gasteiger partial charge in [-0.2, -0.15) is 0 Å². The minimum absolute atomic E-state index is 0.0262. The van der Waals surface area contributed by atoms with Gasteiger partial charge in [0, 0.05) is 17.9 Å². The van der Waals surface area contributed by atoms with Crippen LogP contribution in [0.25, 0.3) is 0 Å². The number of nitrogens with zero attached hydrogens (tertiary/aromatic N) is 1. The quantitative estimate of drug-likeness (QED) is 0.633. The molecule has 0 aliphatic carbocycles. The van der Waals surface area contributed by atoms with Crippen LogP contribution in [0.3, 0.4) is 0 Å². The van der Waals surface area contributed by atoms with Crippen molar-refractivity contribution in [1.29, 1.82) is 0 Å². The van der Waals surface area contributed by atoms with Crippen LogP contribution in [0.5, 0.6) is 0 Å². The van der Waals surface area contributed by atoms with E-state index in [9.17, 15) is 14.1 Å². The molecular formula is C14H26FN3O4S. The molecule has 0 fully saturated rings. The van der Waals surface area contributed by atoms with E-state index in [0.29, 0.717) is 10.7 Å². The van der Waals surface area contributed by atoms with E-state index in [1.54, 1.807) is 0 Å². The summed E-state index contributed by atoms with van der Waals surface area (Å²) in [5.74, 6) is -1.16. The second-order valence-electron chi connectivity index (χ2n) is 3.22. The number of aldehydes is 1. The van der Waals surface area contributed by atoms with Gasteiger partial charge in [-0.3, -0.25) is 9.74 Å². The maximum atomic E-state index is 11.6. The lowest BCUT2D eigenvalue weighted by Crippen LogP contribution is -2.33. The van der Waals surface area contributed by atoms with Crippen LogP contribution < -0.4 is 5.73 Å². The maximum absolute atomic E-state index is 11.6. The second-order valence-corrected chi connectivity index (χ2v) is 4.39. The van der Waals surface area contributed by atoms with Gasteiger partial charge in [-0.15, -0.1) is 0 Å². The summed E-state index contributed by atoms with van der Waals surface area (Å²) in [6.45, 7) is 10.8. The molecule has 0 saturated heterocycles. The van der Waals surface area contributed by atoms with Gasteiger partial charge in [-0.25, -0.2) is 9.78 Å². The smallest absolute Gasteiger partial charge is 0.347 e. The van der Waals surface area contributed by atoms with Crippen molar-refractivity contribution in [1.82, 2.24) is 9.97 Å². The topological polar surface area (TPSA) is 115 Å². The van der Waals surface area contributed by atoms with Crippen LogP contribution in [0.2, 0.25) is 0 Å². The number of thioether (sulfide) groups is 1. The molecule has 1 rings (SSSR count). The average molecular weight is 351 g/mol. The van der Waals surface area contributed by atoms with Crippen LogP contribution >= 0.6 is 11.8 Å². The van der Waals surface area contributed by atoms with E-state index in [2.05, 4.69) is 14.9 Å². The number of aromatic amines is 1. The molecule has 0 aliphatic heterocycles. The highest BCUT2D eigenvalue weighted by atomic mass is 32.2. The van der Waals surface area contributed by atoms with Crippen LogP contribution in [0.1, 0.15) is 47.2 Å². The number of aromatic nitrogens is 2. The number of carbonyl (C=O) groups is 3. The van der Waals surface area contributed by atoms with Crippen LogP contribution in [0.15, 0.2) is 11.4 Å². The molecule has 7 nitrogen and oxygen atoms in total. The van der Waals surface area contributed by atoms with Gasteiger partial charge in [0.05, 0.1) is 12.0 Å². The van der Waals surface area contributed by atoms with Crippen molar-refractivity contribution in [2.24, 2.45) is 5.73 Å². The zero-order valence-corrected chi connectivity index (χ0v) is 15.2. The number of rotatable bonds is 4. The van der Waals surface area contributed by atoms with Gasteiger partial charge < -0.3 is 15.5 Å². The van der Waals surface area contributed by atoms with E-state index < -0.39 is 12.0 Å². The molecule has 1 heterocycles. The Kier molecular flexibility index (Phi) is 20.8. The lowest BCUT2D eigenvalue weighted by atomic mass is 10.2. The van der Waals surface area contributed by atoms with Crippen LogP contribution in [0.4, 0.5) is 4.53 Å². The number of nitrogens with two attached hydrogens (primary N) is 1. The number of hydrogen-bond donors (Lipinski definition) is 2. The van der Waals surface area contributed by atoms with Crippen molar-refractivity contribution < 1.29 is 23.9 Å². The minimum Gasteiger partial charge on any atom is -0.347 e. The molecule has 0 radical (unpaired) electrons. The molecule has 9 heteroatoms. The first-order valence-corrected chi connectivity index (χ1v) is 7.96. The Bertz CT molecular complexity index is 441. The third kappa shape index (κ3) is 13.6. The van der Waals surface area contributed by atoms with Crippen molar-refractivity contribution in [2.45, 2.75) is 59.0 Å². The van der Waals surface area contributed by atoms with Crippen molar-refractivity contribution in [2.75, 3.05) is 0 Å². The number of H-pyrrole nitrogens is 1. The number of nitrogens with one attached hydrogen (secondary N) is 1. The average Bonchev–Trinajstić information content (AvgIpc) is 2.97. The summed E-state index contributed by atoms with van der Waals surface area (Å²) < 4.78 is 11.6. The van der Waals surface area contributed by atoms with Gasteiger partial charge in [0.2, 0.25) is 0 Å². The Morgan fingerprint density at radius 3 is 2.30 bits per heavy atom. The van der Waals surface area contributed by atoms with Crippen LogP contribution in [-0.4, -0.2) is 33.4 Å². The predicted molar refractivity (Wildman–Crippen MR) is 88.4 cm³/mol. The third-order valence-electron chi connectivity index (χ3n) is 1.72. The molecule has 0 amide bonds. The summed E-state index contributed by atoms with van der Waals surface area (Å²) in [5, 5.41) is 0.282. The molecule has 0 aromatic carbocycles. The highest BCUT2D eigenvalue weighted by Crippen LogP contribution is 2.20. The van der Waals surface area contributed by atoms with E-state index >= 15 is 0 Å². The third-order valence-corrected chi connectivity index (χ3v) is 2.55. The molecule has 1 aromatic heterocycles. The van der Waals surface area contributed by atoms with Gasteiger partial charge in [0.25, 0.3) is 0 Å². The SMILES string of the molecule is CC.CC.CC(=O)Sc1nc[nH]c1CC(N)C(=O)OF.CC=O. The first-order valence-electron chi connectivity index (χ1n) is 7.14. The molecule has 1 aromatic rings. The van der Waals surface area contributed by atoms with Crippen molar-refractivity contribution in [3.8, 4) is 0 Å². The lowest BCUT2D eigenvalue weighted by Gasteiger charge is -2.05. The molecule has 23 heavy (non-hydrogen) atoms. The first-order chi connectivity index (χ1) is 11.0. The zero-order chi connectivity index (χ0) is 18.8. The fraction of sp³-hybridized carbons (Fsp3) is 0.571. The van der Waals surface area contributed by atoms with E-state index in [-0.39, 0.29) is 11.5 Å². The summed E-state index contributed by atoms with van der Waals surface area (Å²) in [6, 6.07) is -1.13. The predicted octanol–water partition coefficient (Wildman–Crippen LogP) is 2.60. The van der Waals surface area contributed by atoms with Crippen LogP contribution in [0, 0.1) is 0 Å². The highest BCUT2D eigenvalue weighted by molar-refractivity contribution is 8.13. The maximum Gasteiger partial charge on any atom is 0.365 e. The Hall–Kier alpha value is -1.74. The fourth-order valence-electron chi connectivity index (χ4n) is 1.04. The Balaban J connectivity index is -0.000000496. The molecule has 1 atom stereocenters. The van der Waals surface area contributed by atoms with Crippen molar-refractivity contribution in [3.63, 3.8) is 0 Å². The molecule has 0 bridgehead atoms. The van der Waals surface area contributed by atoms with Crippen LogP contribution in [-0.2, 0) is 25.7 Å². The summed E-state index contributed by atoms with van der Waals surface area (Å²) >= 11 is 0.910. The molecule has 0 spiro atoms. The highest BCUT2D eigenvalue weighted by Gasteiger charge is 2.20. The Labute approximate surface area is 140 Å². The lowest BCUT2D eigenvalue weighted by molar-refractivity contribution is -0.185. The van der Waals surface area contributed by atoms with Gasteiger partial charge in [0.1, 0.15) is 17.4 Å². The molecule has 134 valence electrons. The monoisotopic (exact) mass is 351 g/mol. The standard InChI is InChI=1S/C8H10FN3O3S.C2H4O.2C2H6/c1-4(13)16-7-6(11-3-12-7)2-5(10)8(14)15-9;1-2-3;2*1-2/h3,5H,2,10H2,1H3,(H,11,12);2H,1H3;2*1-2H3. The van der Waals surface area contributed by atoms with Gasteiger partial charge in [-0.05, 0) is 18.7 Å². The Morgan fingerprint density at radius 2 is 1.91 bits per heavy atom. The van der Waals surface area contributed by atoms with Crippen molar-refractivity contribution >= 4 is 29.1 Å². The number of halogens is 1. The summed E-state index contributed by atoms with van der Waals surface area (Å²) in [7, 11) is 0. The van der Waals surface area contributed by atoms with Crippen molar-refractivity contribution in [3.05, 3.63) is 12.0 Å². The fourth-order valence-corrected chi connectivity index (χ4v) is 1.68. The first kappa shape index (κ1) is 26.2. The molecule has 1 unspecified atom stereocenters. The summed E-state index contributed by atoms with van der Waals surface area (Å²) in [5.41, 5.74) is 5.86.